The van der Waals surface area contributed by atoms with E-state index in [0.717, 1.165) is 35.2 Å². The fourth-order valence-electron chi connectivity index (χ4n) is 4.25. The van der Waals surface area contributed by atoms with Crippen LogP contribution in [-0.4, -0.2) is 5.78 Å². The molecule has 0 spiro atoms. The van der Waals surface area contributed by atoms with Crippen molar-refractivity contribution >= 4 is 5.78 Å². The molecule has 2 unspecified atom stereocenters. The maximum atomic E-state index is 13.8. The minimum atomic E-state index is -1.04. The van der Waals surface area contributed by atoms with E-state index in [-0.39, 0.29) is 29.0 Å². The van der Waals surface area contributed by atoms with Gasteiger partial charge in [0.2, 0.25) is 0 Å². The largest absolute Gasteiger partial charge is 0.289 e. The number of carbonyl (C=O) groups excluding carboxylic acids is 1. The number of Topliss-reactive ketones (excluding diaryl/α,β-unsaturated/α-hetero) is 1. The summed E-state index contributed by atoms with van der Waals surface area (Å²) in [7, 11) is 0. The summed E-state index contributed by atoms with van der Waals surface area (Å²) in [5.74, 6) is -2.88. The summed E-state index contributed by atoms with van der Waals surface area (Å²) in [6, 6.07) is 17.5. The van der Waals surface area contributed by atoms with Crippen LogP contribution in [-0.2, 0) is 6.42 Å². The van der Waals surface area contributed by atoms with E-state index in [1.165, 1.54) is 18.2 Å². The van der Waals surface area contributed by atoms with Crippen LogP contribution >= 0.6 is 0 Å². The Bertz CT molecular complexity index is 1120. The summed E-state index contributed by atoms with van der Waals surface area (Å²) in [4.78, 5) is 13.3. The molecule has 0 saturated carbocycles. The van der Waals surface area contributed by atoms with Crippen LogP contribution in [0.1, 0.15) is 52.2 Å². The smallest absolute Gasteiger partial charge is 0.189 e. The molecule has 1 nitrogen and oxygen atoms in total. The van der Waals surface area contributed by atoms with E-state index in [0.29, 0.717) is 12.0 Å². The van der Waals surface area contributed by atoms with Crippen LogP contribution in [0.4, 0.5) is 13.2 Å². The molecule has 4 rings (SSSR count). The lowest BCUT2D eigenvalue weighted by Crippen LogP contribution is -2.11. The molecule has 0 bridgehead atoms. The van der Waals surface area contributed by atoms with Crippen LogP contribution in [0.15, 0.2) is 78.4 Å². The summed E-state index contributed by atoms with van der Waals surface area (Å²) in [6.07, 6.45) is 3.38. The van der Waals surface area contributed by atoms with Gasteiger partial charge in [-0.25, -0.2) is 13.2 Å². The van der Waals surface area contributed by atoms with Gasteiger partial charge in [-0.05, 0) is 59.9 Å². The summed E-state index contributed by atoms with van der Waals surface area (Å²) in [6.45, 7) is 2.06. The molecule has 30 heavy (non-hydrogen) atoms. The average Bonchev–Trinajstić information content (AvgIpc) is 3.20. The number of halogens is 3. The van der Waals surface area contributed by atoms with Crippen LogP contribution in [0.5, 0.6) is 0 Å². The Labute approximate surface area is 173 Å². The maximum absolute atomic E-state index is 13.8. The lowest BCUT2D eigenvalue weighted by molar-refractivity contribution is 0.102. The molecule has 0 aromatic heterocycles. The first-order chi connectivity index (χ1) is 14.5. The van der Waals surface area contributed by atoms with E-state index in [1.54, 1.807) is 12.1 Å². The van der Waals surface area contributed by atoms with Crippen LogP contribution in [0.25, 0.3) is 0 Å². The van der Waals surface area contributed by atoms with Crippen molar-refractivity contribution in [1.29, 1.82) is 0 Å². The Morgan fingerprint density at radius 2 is 1.67 bits per heavy atom. The first-order valence-corrected chi connectivity index (χ1v) is 10.0. The molecule has 152 valence electrons. The number of ketones is 1. The van der Waals surface area contributed by atoms with E-state index in [4.69, 9.17) is 0 Å². The first kappa shape index (κ1) is 20.1. The number of benzene rings is 3. The van der Waals surface area contributed by atoms with E-state index >= 15 is 0 Å². The zero-order chi connectivity index (χ0) is 21.3. The molecule has 0 N–H and O–H groups in total. The quantitative estimate of drug-likeness (QED) is 0.429. The second-order valence-corrected chi connectivity index (χ2v) is 7.58. The number of hydrogen-bond donors (Lipinski definition) is 0. The van der Waals surface area contributed by atoms with Gasteiger partial charge >= 0.3 is 0 Å². The second kappa shape index (κ2) is 8.31. The number of allylic oxidation sites excluding steroid dienone is 2. The first-order valence-electron chi connectivity index (χ1n) is 10.0. The number of carbonyl (C=O) groups is 1. The number of hydrogen-bond acceptors (Lipinski definition) is 1. The van der Waals surface area contributed by atoms with Crippen LogP contribution in [0.3, 0.4) is 0 Å². The van der Waals surface area contributed by atoms with E-state index < -0.39 is 11.6 Å². The van der Waals surface area contributed by atoms with Gasteiger partial charge in [0.25, 0.3) is 0 Å². The summed E-state index contributed by atoms with van der Waals surface area (Å²) in [5, 5.41) is 0. The van der Waals surface area contributed by atoms with E-state index in [9.17, 15) is 18.0 Å². The van der Waals surface area contributed by atoms with E-state index in [1.807, 2.05) is 30.3 Å². The monoisotopic (exact) mass is 406 g/mol. The highest BCUT2D eigenvalue weighted by atomic mass is 19.2. The molecule has 0 saturated heterocycles. The van der Waals surface area contributed by atoms with Gasteiger partial charge in [-0.2, -0.15) is 0 Å². The standard InChI is InChI=1S/C26H21F3O/c1-2-16-5-3-4-6-21(16)22-13-19(17-7-10-20(27)11-8-17)14-23(22)26(30)18-9-12-24(28)25(29)15-18/h3-12,14-15,19,22H,2,13H2,1H3. The van der Waals surface area contributed by atoms with Crippen LogP contribution in [0, 0.1) is 17.5 Å². The molecule has 0 heterocycles. The van der Waals surface area contributed by atoms with Crippen molar-refractivity contribution in [2.75, 3.05) is 0 Å². The van der Waals surface area contributed by atoms with E-state index in [2.05, 4.69) is 6.92 Å². The molecular formula is C26H21F3O. The van der Waals surface area contributed by atoms with Crippen molar-refractivity contribution in [2.24, 2.45) is 0 Å². The molecule has 1 aliphatic rings. The molecule has 1 aliphatic carbocycles. The molecule has 0 amide bonds. The van der Waals surface area contributed by atoms with Crippen molar-refractivity contribution in [3.05, 3.63) is 118 Å². The third kappa shape index (κ3) is 3.82. The van der Waals surface area contributed by atoms with Crippen molar-refractivity contribution in [3.8, 4) is 0 Å². The molecular weight excluding hydrogens is 385 g/mol. The Morgan fingerprint density at radius 1 is 0.933 bits per heavy atom. The highest BCUT2D eigenvalue weighted by molar-refractivity contribution is 6.10. The summed E-state index contributed by atoms with van der Waals surface area (Å²) < 4.78 is 40.5. The zero-order valence-electron chi connectivity index (χ0n) is 16.5. The second-order valence-electron chi connectivity index (χ2n) is 7.58. The fourth-order valence-corrected chi connectivity index (χ4v) is 4.25. The van der Waals surface area contributed by atoms with Gasteiger partial charge < -0.3 is 0 Å². The molecule has 0 radical (unpaired) electrons. The van der Waals surface area contributed by atoms with Gasteiger partial charge in [0.15, 0.2) is 17.4 Å². The zero-order valence-corrected chi connectivity index (χ0v) is 16.5. The van der Waals surface area contributed by atoms with Crippen LogP contribution in [0.2, 0.25) is 0 Å². The predicted molar refractivity (Wildman–Crippen MR) is 111 cm³/mol. The Hall–Kier alpha value is -3.14. The highest BCUT2D eigenvalue weighted by Crippen LogP contribution is 2.45. The Morgan fingerprint density at radius 3 is 2.37 bits per heavy atom. The van der Waals surface area contributed by atoms with Gasteiger partial charge in [-0.15, -0.1) is 0 Å². The van der Waals surface area contributed by atoms with Gasteiger partial charge in [-0.1, -0.05) is 49.4 Å². The lowest BCUT2D eigenvalue weighted by Gasteiger charge is -2.19. The summed E-state index contributed by atoms with van der Waals surface area (Å²) in [5.41, 5.74) is 3.82. The molecule has 3 aromatic carbocycles. The van der Waals surface area contributed by atoms with Gasteiger partial charge in [0.05, 0.1) is 0 Å². The van der Waals surface area contributed by atoms with Gasteiger partial charge in [-0.3, -0.25) is 4.79 Å². The third-order valence-corrected chi connectivity index (χ3v) is 5.80. The maximum Gasteiger partial charge on any atom is 0.189 e. The van der Waals surface area contributed by atoms with Crippen molar-refractivity contribution in [2.45, 2.75) is 31.6 Å². The number of rotatable bonds is 5. The molecule has 0 aliphatic heterocycles. The number of aryl methyl sites for hydroxylation is 1. The third-order valence-electron chi connectivity index (χ3n) is 5.80. The molecule has 2 atom stereocenters. The minimum Gasteiger partial charge on any atom is -0.289 e. The van der Waals surface area contributed by atoms with Crippen molar-refractivity contribution < 1.29 is 18.0 Å². The fraction of sp³-hybridized carbons (Fsp3) is 0.192. The average molecular weight is 406 g/mol. The lowest BCUT2D eigenvalue weighted by atomic mass is 9.84. The van der Waals surface area contributed by atoms with Gasteiger partial charge in [0, 0.05) is 23.0 Å². The normalized spacial score (nSPS) is 18.3. The Kier molecular flexibility index (Phi) is 5.58. The SMILES string of the molecule is CCc1ccccc1C1CC(c2ccc(F)cc2)C=C1C(=O)c1ccc(F)c(F)c1. The predicted octanol–water partition coefficient (Wildman–Crippen LogP) is 6.75. The Balaban J connectivity index is 1.78. The van der Waals surface area contributed by atoms with Crippen molar-refractivity contribution in [1.82, 2.24) is 0 Å². The molecule has 0 fully saturated rings. The molecule has 3 aromatic rings. The minimum absolute atomic E-state index is 0.0650. The van der Waals surface area contributed by atoms with Crippen molar-refractivity contribution in [3.63, 3.8) is 0 Å². The highest BCUT2D eigenvalue weighted by Gasteiger charge is 2.34. The molecule has 4 heteroatoms. The van der Waals surface area contributed by atoms with Gasteiger partial charge in [0.1, 0.15) is 5.82 Å². The van der Waals surface area contributed by atoms with Crippen LogP contribution < -0.4 is 0 Å². The topological polar surface area (TPSA) is 17.1 Å². The summed E-state index contributed by atoms with van der Waals surface area (Å²) >= 11 is 0.